The van der Waals surface area contributed by atoms with Crippen molar-refractivity contribution in [2.45, 2.75) is 0 Å². The summed E-state index contributed by atoms with van der Waals surface area (Å²) in [4.78, 5) is 11.5. The summed E-state index contributed by atoms with van der Waals surface area (Å²) in [6.45, 7) is 0. The molecule has 2 nitrogen and oxygen atoms in total. The van der Waals surface area contributed by atoms with Crippen molar-refractivity contribution in [2.75, 3.05) is 0 Å². The quantitative estimate of drug-likeness (QED) is 0.446. The molecule has 94 valence electrons. The lowest BCUT2D eigenvalue weighted by Gasteiger charge is -1.99. The minimum Gasteiger partial charge on any atom is -0.417 e. The third-order valence-corrected chi connectivity index (χ3v) is 2.96. The topological polar surface area (TPSA) is 26.3 Å². The lowest BCUT2D eigenvalue weighted by molar-refractivity contribution is -0.128. The maximum atomic E-state index is 11.5. The Morgan fingerprint density at radius 1 is 1.05 bits per heavy atom. The third-order valence-electron chi connectivity index (χ3n) is 2.18. The molecule has 19 heavy (non-hydrogen) atoms. The monoisotopic (exact) mass is 334 g/mol. The van der Waals surface area contributed by atoms with Gasteiger partial charge in [-0.05, 0) is 48.5 Å². The van der Waals surface area contributed by atoms with Gasteiger partial charge in [0.15, 0.2) is 0 Å². The van der Waals surface area contributed by atoms with Crippen LogP contribution in [0.5, 0.6) is 5.75 Å². The van der Waals surface area contributed by atoms with Gasteiger partial charge in [-0.3, -0.25) is 0 Å². The van der Waals surface area contributed by atoms with Crippen LogP contribution in [0, 0.1) is 11.8 Å². The van der Waals surface area contributed by atoms with Crippen LogP contribution in [0.2, 0.25) is 5.02 Å². The number of benzene rings is 2. The smallest absolute Gasteiger partial charge is 0.390 e. The molecule has 2 aromatic rings. The van der Waals surface area contributed by atoms with E-state index in [9.17, 15) is 4.79 Å². The summed E-state index contributed by atoms with van der Waals surface area (Å²) in [6.07, 6.45) is 0. The number of esters is 1. The first-order valence-corrected chi connectivity index (χ1v) is 6.55. The van der Waals surface area contributed by atoms with Gasteiger partial charge in [0.1, 0.15) is 5.75 Å². The fourth-order valence-electron chi connectivity index (χ4n) is 1.29. The van der Waals surface area contributed by atoms with E-state index in [2.05, 4.69) is 27.8 Å². The van der Waals surface area contributed by atoms with E-state index in [0.717, 1.165) is 4.47 Å². The molecular formula is C15H8BrClO2. The summed E-state index contributed by atoms with van der Waals surface area (Å²) < 4.78 is 5.97. The molecule has 0 aromatic heterocycles. The van der Waals surface area contributed by atoms with Crippen LogP contribution in [0.4, 0.5) is 0 Å². The van der Waals surface area contributed by atoms with Crippen molar-refractivity contribution < 1.29 is 9.53 Å². The van der Waals surface area contributed by atoms with Gasteiger partial charge in [-0.15, -0.1) is 0 Å². The van der Waals surface area contributed by atoms with Crippen molar-refractivity contribution in [3.8, 4) is 17.6 Å². The highest BCUT2D eigenvalue weighted by Gasteiger charge is 2.00. The van der Waals surface area contributed by atoms with E-state index in [0.29, 0.717) is 16.3 Å². The lowest BCUT2D eigenvalue weighted by Crippen LogP contribution is -2.04. The zero-order chi connectivity index (χ0) is 13.7. The predicted octanol–water partition coefficient (Wildman–Crippen LogP) is 4.06. The van der Waals surface area contributed by atoms with E-state index < -0.39 is 5.97 Å². The average molecular weight is 336 g/mol. The van der Waals surface area contributed by atoms with Crippen molar-refractivity contribution in [3.05, 3.63) is 63.6 Å². The Hall–Kier alpha value is -1.76. The predicted molar refractivity (Wildman–Crippen MR) is 78.1 cm³/mol. The van der Waals surface area contributed by atoms with Crippen LogP contribution in [-0.2, 0) is 4.79 Å². The molecule has 0 radical (unpaired) electrons. The van der Waals surface area contributed by atoms with E-state index in [4.69, 9.17) is 16.3 Å². The van der Waals surface area contributed by atoms with Crippen molar-refractivity contribution in [1.29, 1.82) is 0 Å². The molecule has 0 saturated carbocycles. The molecule has 0 aliphatic carbocycles. The average Bonchev–Trinajstić information content (AvgIpc) is 2.41. The summed E-state index contributed by atoms with van der Waals surface area (Å²) in [5.74, 6) is 4.98. The van der Waals surface area contributed by atoms with Crippen LogP contribution in [0.1, 0.15) is 5.56 Å². The Balaban J connectivity index is 2.02. The second kappa shape index (κ2) is 6.42. The summed E-state index contributed by atoms with van der Waals surface area (Å²) in [5, 5.41) is 0.628. The largest absolute Gasteiger partial charge is 0.417 e. The summed E-state index contributed by atoms with van der Waals surface area (Å²) >= 11 is 9.05. The number of carbonyl (C=O) groups excluding carboxylic acids is 1. The van der Waals surface area contributed by atoms with Crippen LogP contribution in [-0.4, -0.2) is 5.97 Å². The molecule has 0 unspecified atom stereocenters. The van der Waals surface area contributed by atoms with E-state index in [1.165, 1.54) is 0 Å². The van der Waals surface area contributed by atoms with Crippen molar-refractivity contribution >= 4 is 33.5 Å². The molecule has 0 heterocycles. The SMILES string of the molecule is O=C(C#Cc1ccc(Cl)cc1)Oc1ccc(Br)cc1. The minimum absolute atomic E-state index is 0.457. The van der Waals surface area contributed by atoms with Gasteiger partial charge in [-0.1, -0.05) is 33.5 Å². The molecule has 0 spiro atoms. The number of hydrogen-bond acceptors (Lipinski definition) is 2. The standard InChI is InChI=1S/C15H8BrClO2/c16-12-4-8-14(9-5-12)19-15(18)10-3-11-1-6-13(17)7-2-11/h1-2,4-9H. The first-order valence-electron chi connectivity index (χ1n) is 5.38. The Morgan fingerprint density at radius 3 is 2.32 bits per heavy atom. The molecule has 0 N–H and O–H groups in total. The van der Waals surface area contributed by atoms with Crippen LogP contribution < -0.4 is 4.74 Å². The number of ether oxygens (including phenoxy) is 1. The summed E-state index contributed by atoms with van der Waals surface area (Å²) in [7, 11) is 0. The molecule has 0 fully saturated rings. The van der Waals surface area contributed by atoms with Crippen LogP contribution >= 0.6 is 27.5 Å². The second-order valence-electron chi connectivity index (χ2n) is 3.60. The van der Waals surface area contributed by atoms with Crippen LogP contribution in [0.25, 0.3) is 0 Å². The molecule has 2 rings (SSSR count). The maximum absolute atomic E-state index is 11.5. The van der Waals surface area contributed by atoms with E-state index in [-0.39, 0.29) is 0 Å². The van der Waals surface area contributed by atoms with Crippen LogP contribution in [0.15, 0.2) is 53.0 Å². The molecule has 0 saturated heterocycles. The molecule has 4 heteroatoms. The zero-order valence-electron chi connectivity index (χ0n) is 9.69. The first-order chi connectivity index (χ1) is 9.13. The van der Waals surface area contributed by atoms with Gasteiger partial charge in [0.2, 0.25) is 0 Å². The van der Waals surface area contributed by atoms with E-state index >= 15 is 0 Å². The molecule has 0 bridgehead atoms. The third kappa shape index (κ3) is 4.44. The van der Waals surface area contributed by atoms with E-state index in [1.54, 1.807) is 48.5 Å². The molecule has 2 aromatic carbocycles. The van der Waals surface area contributed by atoms with E-state index in [1.807, 2.05) is 0 Å². The highest BCUT2D eigenvalue weighted by molar-refractivity contribution is 9.10. The maximum Gasteiger partial charge on any atom is 0.390 e. The lowest BCUT2D eigenvalue weighted by atomic mass is 10.2. The van der Waals surface area contributed by atoms with Gasteiger partial charge in [0.25, 0.3) is 0 Å². The first kappa shape index (κ1) is 13.7. The molecular weight excluding hydrogens is 328 g/mol. The Labute approximate surface area is 124 Å². The molecule has 0 aliphatic rings. The minimum atomic E-state index is -0.600. The van der Waals surface area contributed by atoms with Crippen molar-refractivity contribution in [3.63, 3.8) is 0 Å². The Bertz CT molecular complexity index is 637. The fraction of sp³-hybridized carbons (Fsp3) is 0. The molecule has 0 atom stereocenters. The van der Waals surface area contributed by atoms with Gasteiger partial charge < -0.3 is 4.74 Å². The van der Waals surface area contributed by atoms with Gasteiger partial charge in [0.05, 0.1) is 0 Å². The van der Waals surface area contributed by atoms with Gasteiger partial charge in [0, 0.05) is 21.0 Å². The molecule has 0 aliphatic heterocycles. The second-order valence-corrected chi connectivity index (χ2v) is 4.95. The summed E-state index contributed by atoms with van der Waals surface area (Å²) in [6, 6.07) is 13.9. The number of halogens is 2. The van der Waals surface area contributed by atoms with Crippen LogP contribution in [0.3, 0.4) is 0 Å². The van der Waals surface area contributed by atoms with Gasteiger partial charge >= 0.3 is 5.97 Å². The normalized spacial score (nSPS) is 9.37. The Morgan fingerprint density at radius 2 is 1.68 bits per heavy atom. The number of rotatable bonds is 1. The fourth-order valence-corrected chi connectivity index (χ4v) is 1.68. The van der Waals surface area contributed by atoms with Gasteiger partial charge in [-0.2, -0.15) is 0 Å². The molecule has 0 amide bonds. The van der Waals surface area contributed by atoms with Crippen molar-refractivity contribution in [1.82, 2.24) is 0 Å². The summed E-state index contributed by atoms with van der Waals surface area (Å²) in [5.41, 5.74) is 0.706. The number of carbonyl (C=O) groups is 1. The Kier molecular flexibility index (Phi) is 4.62. The number of hydrogen-bond donors (Lipinski definition) is 0. The highest BCUT2D eigenvalue weighted by Crippen LogP contribution is 2.16. The van der Waals surface area contributed by atoms with Crippen molar-refractivity contribution in [2.24, 2.45) is 0 Å². The van der Waals surface area contributed by atoms with Gasteiger partial charge in [-0.25, -0.2) is 4.79 Å². The zero-order valence-corrected chi connectivity index (χ0v) is 12.0. The highest BCUT2D eigenvalue weighted by atomic mass is 79.9.